The van der Waals surface area contributed by atoms with Crippen LogP contribution in [0.3, 0.4) is 0 Å². The first-order chi connectivity index (χ1) is 6.62. The molecule has 0 N–H and O–H groups in total. The zero-order valence-electron chi connectivity index (χ0n) is 7.22. The molecule has 3 radical (unpaired) electrons. The van der Waals surface area contributed by atoms with Crippen molar-refractivity contribution in [1.82, 2.24) is 4.99 Å². The van der Waals surface area contributed by atoms with Crippen molar-refractivity contribution in [3.8, 4) is 0 Å². The monoisotopic (exact) mass is 227 g/mol. The summed E-state index contributed by atoms with van der Waals surface area (Å²) in [6.07, 6.45) is -7.01. The number of aliphatic imine (C=N–C) groups is 1. The van der Waals surface area contributed by atoms with E-state index >= 15 is 0 Å². The van der Waals surface area contributed by atoms with Crippen molar-refractivity contribution in [2.24, 2.45) is 0 Å². The molecule has 0 aromatic rings. The Balaban J connectivity index is 3.35. The van der Waals surface area contributed by atoms with E-state index in [9.17, 15) is 26.3 Å². The number of allylic oxidation sites excluding steroid dienone is 4. The second kappa shape index (κ2) is 3.39. The average Bonchev–Trinajstić information content (AvgIpc) is 2.00. The lowest BCUT2D eigenvalue weighted by atomic mass is 10.1. The van der Waals surface area contributed by atoms with E-state index in [0.717, 1.165) is 6.92 Å². The Bertz CT molecular complexity index is 354. The second-order valence-corrected chi connectivity index (χ2v) is 2.67. The molecular weight excluding hydrogens is 224 g/mol. The van der Waals surface area contributed by atoms with Gasteiger partial charge in [-0.05, 0) is 0 Å². The average molecular weight is 227 g/mol. The summed E-state index contributed by atoms with van der Waals surface area (Å²) in [5.74, 6) is 0. The molecule has 0 atom stereocenters. The fraction of sp³-hybridized carbons (Fsp3) is 0.375. The van der Waals surface area contributed by atoms with Gasteiger partial charge in [0.1, 0.15) is 5.57 Å². The first-order valence-electron chi connectivity index (χ1n) is 3.58. The van der Waals surface area contributed by atoms with Crippen LogP contribution < -0.4 is 4.99 Å². The molecule has 7 heteroatoms. The van der Waals surface area contributed by atoms with Crippen LogP contribution in [0, 0.1) is 12.2 Å². The summed E-state index contributed by atoms with van der Waals surface area (Å²) in [5, 5.41) is 0. The second-order valence-electron chi connectivity index (χ2n) is 2.67. The molecule has 0 unspecified atom stereocenters. The van der Waals surface area contributed by atoms with E-state index in [2.05, 4.69) is 4.99 Å². The number of rotatable bonds is 0. The van der Waals surface area contributed by atoms with Gasteiger partial charge in [-0.15, -0.1) is 0 Å². The molecule has 0 fully saturated rings. The lowest BCUT2D eigenvalue weighted by Crippen LogP contribution is -2.28. The molecule has 0 saturated heterocycles. The first-order valence-corrected chi connectivity index (χ1v) is 3.58. The normalized spacial score (nSPS) is 18.2. The lowest BCUT2D eigenvalue weighted by molar-refractivity contribution is -0.115. The Hall–Kier alpha value is -1.27. The summed E-state index contributed by atoms with van der Waals surface area (Å²) in [5.41, 5.74) is -4.22. The lowest BCUT2D eigenvalue weighted by Gasteiger charge is -2.09. The molecule has 0 amide bonds. The van der Waals surface area contributed by atoms with Crippen LogP contribution in [0.5, 0.6) is 0 Å². The van der Waals surface area contributed by atoms with Gasteiger partial charge >= 0.3 is 18.0 Å². The molecule has 0 saturated carbocycles. The molecule has 81 valence electrons. The zero-order chi connectivity index (χ0) is 11.9. The summed E-state index contributed by atoms with van der Waals surface area (Å²) in [6, 6.07) is 0. The molecule has 0 bridgehead atoms. The Morgan fingerprint density at radius 2 is 1.47 bits per heavy atom. The van der Waals surface area contributed by atoms with Crippen LogP contribution in [0.4, 0.5) is 26.3 Å². The largest absolute Gasteiger partial charge is 0.485 e. The van der Waals surface area contributed by atoms with Gasteiger partial charge in [-0.2, -0.15) is 26.3 Å². The maximum Gasteiger partial charge on any atom is 0.485 e. The number of nitrogens with zero attached hydrogens (tertiary/aromatic N) is 1. The molecule has 1 aliphatic heterocycles. The summed E-state index contributed by atoms with van der Waals surface area (Å²) >= 11 is 0. The molecule has 0 aliphatic carbocycles. The van der Waals surface area contributed by atoms with Crippen molar-refractivity contribution < 1.29 is 26.3 Å². The van der Waals surface area contributed by atoms with Crippen molar-refractivity contribution in [1.29, 1.82) is 0 Å². The zero-order valence-corrected chi connectivity index (χ0v) is 7.22. The predicted octanol–water partition coefficient (Wildman–Crippen LogP) is 2.34. The van der Waals surface area contributed by atoms with Gasteiger partial charge in [-0.25, -0.2) is 0 Å². The van der Waals surface area contributed by atoms with E-state index in [0.29, 0.717) is 0 Å². The van der Waals surface area contributed by atoms with Crippen molar-refractivity contribution in [2.75, 3.05) is 0 Å². The van der Waals surface area contributed by atoms with Crippen molar-refractivity contribution >= 4 is 5.71 Å². The van der Waals surface area contributed by atoms with Crippen molar-refractivity contribution in [2.45, 2.75) is 19.3 Å². The number of hydrogen-bond donors (Lipinski definition) is 0. The van der Waals surface area contributed by atoms with Gasteiger partial charge in [0.05, 0.1) is 11.1 Å². The van der Waals surface area contributed by atoms with Gasteiger partial charge in [0.15, 0.2) is 0 Å². The van der Waals surface area contributed by atoms with Gasteiger partial charge in [0, 0.05) is 13.0 Å². The van der Waals surface area contributed by atoms with Gasteiger partial charge < -0.3 is 0 Å². The van der Waals surface area contributed by atoms with Crippen LogP contribution in [0.2, 0.25) is 0 Å². The molecule has 0 aromatic heterocycles. The minimum absolute atomic E-state index is 0.296. The predicted molar refractivity (Wildman–Crippen MR) is 38.4 cm³/mol. The summed E-state index contributed by atoms with van der Waals surface area (Å²) < 4.78 is 72.8. The van der Waals surface area contributed by atoms with E-state index < -0.39 is 23.6 Å². The highest BCUT2D eigenvalue weighted by molar-refractivity contribution is 5.89. The van der Waals surface area contributed by atoms with E-state index in [1.54, 1.807) is 0 Å². The molecule has 1 nitrogen and oxygen atoms in total. The van der Waals surface area contributed by atoms with E-state index in [1.165, 1.54) is 6.08 Å². The smallest absolute Gasteiger partial charge is 0.166 e. The van der Waals surface area contributed by atoms with Crippen LogP contribution >= 0.6 is 0 Å². The van der Waals surface area contributed by atoms with Crippen LogP contribution in [0.25, 0.3) is 0 Å². The first kappa shape index (κ1) is 11.8. The fourth-order valence-electron chi connectivity index (χ4n) is 0.874. The van der Waals surface area contributed by atoms with Crippen molar-refractivity contribution in [3.05, 3.63) is 23.4 Å². The summed E-state index contributed by atoms with van der Waals surface area (Å²) in [4.78, 5) is 2.78. The van der Waals surface area contributed by atoms with Crippen LogP contribution in [-0.2, 0) is 0 Å². The van der Waals surface area contributed by atoms with E-state index in [1.807, 2.05) is 6.08 Å². The van der Waals surface area contributed by atoms with Gasteiger partial charge in [0.2, 0.25) is 0 Å². The van der Waals surface area contributed by atoms with Crippen LogP contribution in [0.1, 0.15) is 6.92 Å². The highest BCUT2D eigenvalue weighted by Crippen LogP contribution is 2.36. The molecule has 1 aliphatic rings. The Morgan fingerprint density at radius 3 is 1.87 bits per heavy atom. The van der Waals surface area contributed by atoms with Gasteiger partial charge in [-0.1, -0.05) is 0 Å². The van der Waals surface area contributed by atoms with Crippen LogP contribution in [-0.4, -0.2) is 18.1 Å². The molecule has 0 aromatic carbocycles. The minimum Gasteiger partial charge on any atom is -0.166 e. The fourth-order valence-corrected chi connectivity index (χ4v) is 0.874. The van der Waals surface area contributed by atoms with Crippen LogP contribution in [0.15, 0.2) is 11.3 Å². The molecule has 15 heavy (non-hydrogen) atoms. The standard InChI is InChI=1S/C8H3F6N/c1-4-2-3-5(7(9,10)11)6(15-4)8(12,13)14/h1H3/q+1. The Morgan fingerprint density at radius 1 is 0.933 bits per heavy atom. The molecule has 1 heterocycles. The van der Waals surface area contributed by atoms with E-state index in [4.69, 9.17) is 0 Å². The third-order valence-electron chi connectivity index (χ3n) is 1.44. The Labute approximate surface area is 80.8 Å². The number of alkyl halides is 6. The minimum atomic E-state index is -5.15. The molecule has 1 rings (SSSR count). The summed E-state index contributed by atoms with van der Waals surface area (Å²) in [6.45, 7) is 1.10. The summed E-state index contributed by atoms with van der Waals surface area (Å²) in [7, 11) is 0. The SMILES string of the molecule is CC1=[N+]C(C(F)(F)F)=C(C(F)(F)F)[C]=[C]1. The number of hydrogen-bond acceptors (Lipinski definition) is 1. The highest BCUT2D eigenvalue weighted by Gasteiger charge is 2.53. The third kappa shape index (κ3) is 2.60. The third-order valence-corrected chi connectivity index (χ3v) is 1.44. The maximum atomic E-state index is 12.2. The van der Waals surface area contributed by atoms with Gasteiger partial charge in [-0.3, -0.25) is 0 Å². The van der Waals surface area contributed by atoms with E-state index in [-0.39, 0.29) is 5.71 Å². The maximum absolute atomic E-state index is 12.2. The quantitative estimate of drug-likeness (QED) is 0.564. The van der Waals surface area contributed by atoms with Gasteiger partial charge in [0.25, 0.3) is 5.71 Å². The number of halogens is 6. The highest BCUT2D eigenvalue weighted by atomic mass is 19.4. The molecule has 0 spiro atoms. The van der Waals surface area contributed by atoms with Crippen molar-refractivity contribution in [3.63, 3.8) is 0 Å². The topological polar surface area (TPSA) is 14.1 Å². The Kier molecular flexibility index (Phi) is 2.67. The molecular formula is C8H3F6N+.